The van der Waals surface area contributed by atoms with E-state index in [4.69, 9.17) is 0 Å². The molecule has 0 spiro atoms. The van der Waals surface area contributed by atoms with E-state index in [9.17, 15) is 18.9 Å². The smallest absolute Gasteiger partial charge is 0.781 e. The van der Waals surface area contributed by atoms with E-state index < -0.39 is 16.5 Å². The molecule has 0 heterocycles. The predicted octanol–water partition coefficient (Wildman–Crippen LogP) is 5.78. The van der Waals surface area contributed by atoms with Crippen molar-refractivity contribution in [3.63, 3.8) is 0 Å². The standard InChI is InChI=1S/2C10H23O3P.Cr/c2*1-2-3-4-5-6-7-8-9-10-13-14(11)12;/h2*14H,2-10H2,1H3,(H,11,12);/q;;+2/p-2. The van der Waals surface area contributed by atoms with Gasteiger partial charge in [-0.1, -0.05) is 104 Å². The summed E-state index contributed by atoms with van der Waals surface area (Å²) in [6.45, 7) is 5.16. The van der Waals surface area contributed by atoms with E-state index in [-0.39, 0.29) is 17.4 Å². The van der Waals surface area contributed by atoms with E-state index in [0.29, 0.717) is 13.2 Å². The second-order valence-corrected chi connectivity index (χ2v) is 8.72. The summed E-state index contributed by atoms with van der Waals surface area (Å²) in [5, 5.41) is 0. The minimum Gasteiger partial charge on any atom is -0.781 e. The second-order valence-electron chi connectivity index (χ2n) is 7.15. The van der Waals surface area contributed by atoms with Gasteiger partial charge in [0.2, 0.25) is 0 Å². The third-order valence-electron chi connectivity index (χ3n) is 4.44. The maximum atomic E-state index is 10.1. The van der Waals surface area contributed by atoms with E-state index in [2.05, 4.69) is 22.9 Å². The molecule has 0 bridgehead atoms. The molecule has 0 saturated heterocycles. The van der Waals surface area contributed by atoms with Gasteiger partial charge < -0.3 is 28.0 Å². The van der Waals surface area contributed by atoms with Crippen molar-refractivity contribution in [2.24, 2.45) is 0 Å². The molecule has 2 unspecified atom stereocenters. The number of unbranched alkanes of at least 4 members (excludes halogenated alkanes) is 14. The molecular weight excluding hydrogens is 450 g/mol. The van der Waals surface area contributed by atoms with Gasteiger partial charge in [-0.2, -0.15) is 0 Å². The van der Waals surface area contributed by atoms with Crippen molar-refractivity contribution in [3.05, 3.63) is 0 Å². The summed E-state index contributed by atoms with van der Waals surface area (Å²) in [6.07, 6.45) is 19.4. The Morgan fingerprint density at radius 3 is 1.00 bits per heavy atom. The maximum absolute atomic E-state index is 10.1. The second kappa shape index (κ2) is 31.0. The SMILES string of the molecule is CCCCCCCCCCO[PH](=O)[O-].CCCCCCCCCCO[PH](=O)[O-].[Cr+2]. The van der Waals surface area contributed by atoms with E-state index in [1.54, 1.807) is 0 Å². The molecule has 0 saturated carbocycles. The van der Waals surface area contributed by atoms with E-state index in [1.807, 2.05) is 0 Å². The quantitative estimate of drug-likeness (QED) is 0.157. The van der Waals surface area contributed by atoms with Gasteiger partial charge in [0.25, 0.3) is 0 Å². The summed E-state index contributed by atoms with van der Waals surface area (Å²) >= 11 is 0. The fourth-order valence-electron chi connectivity index (χ4n) is 2.78. The van der Waals surface area contributed by atoms with Crippen LogP contribution in [0.3, 0.4) is 0 Å². The van der Waals surface area contributed by atoms with Gasteiger partial charge in [0, 0.05) is 0 Å². The van der Waals surface area contributed by atoms with Crippen LogP contribution in [-0.2, 0) is 35.5 Å². The zero-order valence-electron chi connectivity index (χ0n) is 18.6. The van der Waals surface area contributed by atoms with E-state index in [0.717, 1.165) is 25.7 Å². The zero-order valence-corrected chi connectivity index (χ0v) is 21.9. The van der Waals surface area contributed by atoms with Gasteiger partial charge in [0.15, 0.2) is 0 Å². The Kier molecular flexibility index (Phi) is 36.8. The first-order chi connectivity index (χ1) is 13.5. The molecule has 0 fully saturated rings. The van der Waals surface area contributed by atoms with Crippen molar-refractivity contribution in [2.45, 2.75) is 117 Å². The van der Waals surface area contributed by atoms with Crippen LogP contribution in [0.1, 0.15) is 117 Å². The normalized spacial score (nSPS) is 12.6. The van der Waals surface area contributed by atoms with Gasteiger partial charge in [0.05, 0.1) is 13.2 Å². The molecule has 0 amide bonds. The molecule has 0 aromatic rings. The summed E-state index contributed by atoms with van der Waals surface area (Å²) in [4.78, 5) is 20.1. The van der Waals surface area contributed by atoms with Gasteiger partial charge in [0.1, 0.15) is 16.5 Å². The maximum Gasteiger partial charge on any atom is 2.00 e. The Morgan fingerprint density at radius 1 is 0.517 bits per heavy atom. The summed E-state index contributed by atoms with van der Waals surface area (Å²) in [6, 6.07) is 0. The van der Waals surface area contributed by atoms with Gasteiger partial charge in [-0.3, -0.25) is 0 Å². The molecule has 29 heavy (non-hydrogen) atoms. The average Bonchev–Trinajstić information content (AvgIpc) is 2.65. The summed E-state index contributed by atoms with van der Waals surface area (Å²) < 4.78 is 29.1. The molecule has 0 aliphatic rings. The molecule has 0 radical (unpaired) electrons. The first-order valence-electron chi connectivity index (χ1n) is 11.2. The fourth-order valence-corrected chi connectivity index (χ4v) is 3.40. The van der Waals surface area contributed by atoms with Crippen LogP contribution in [0.5, 0.6) is 0 Å². The van der Waals surface area contributed by atoms with Crippen molar-refractivity contribution < 1.29 is 45.3 Å². The Hall–Kier alpha value is 0.832. The van der Waals surface area contributed by atoms with Gasteiger partial charge in [-0.25, -0.2) is 0 Å². The molecule has 176 valence electrons. The van der Waals surface area contributed by atoms with Crippen molar-refractivity contribution in [1.29, 1.82) is 0 Å². The molecule has 6 nitrogen and oxygen atoms in total. The van der Waals surface area contributed by atoms with Crippen molar-refractivity contribution in [3.8, 4) is 0 Å². The Bertz CT molecular complexity index is 317. The Balaban J connectivity index is -0.000000451. The number of hydrogen-bond acceptors (Lipinski definition) is 6. The van der Waals surface area contributed by atoms with Crippen LogP contribution in [0.15, 0.2) is 0 Å². The fraction of sp³-hybridized carbons (Fsp3) is 1.00. The molecule has 9 heteroatoms. The summed E-state index contributed by atoms with van der Waals surface area (Å²) in [7, 11) is -5.88. The monoisotopic (exact) mass is 494 g/mol. The molecule has 0 N–H and O–H groups in total. The molecule has 0 aliphatic heterocycles. The summed E-state index contributed by atoms with van der Waals surface area (Å²) in [5.74, 6) is 0. The molecule has 2 atom stereocenters. The molecule has 0 rings (SSSR count). The molecule has 0 aromatic heterocycles. The molecule has 0 aliphatic carbocycles. The molecular formula is C20H44CrO6P2. The Labute approximate surface area is 191 Å². The van der Waals surface area contributed by atoms with Crippen molar-refractivity contribution in [2.75, 3.05) is 13.2 Å². The minimum atomic E-state index is -2.94. The predicted molar refractivity (Wildman–Crippen MR) is 115 cm³/mol. The Morgan fingerprint density at radius 2 is 0.759 bits per heavy atom. The summed E-state index contributed by atoms with van der Waals surface area (Å²) in [5.41, 5.74) is 0. The molecule has 0 aromatic carbocycles. The van der Waals surface area contributed by atoms with Crippen LogP contribution in [0.25, 0.3) is 0 Å². The van der Waals surface area contributed by atoms with Crippen LogP contribution >= 0.6 is 16.5 Å². The van der Waals surface area contributed by atoms with Gasteiger partial charge >= 0.3 is 17.4 Å². The third-order valence-corrected chi connectivity index (χ3v) is 5.32. The van der Waals surface area contributed by atoms with Crippen LogP contribution < -0.4 is 9.79 Å². The van der Waals surface area contributed by atoms with Crippen LogP contribution in [0, 0.1) is 0 Å². The number of hydrogen-bond donors (Lipinski definition) is 0. The zero-order chi connectivity index (χ0) is 21.3. The first kappa shape index (κ1) is 34.4. The van der Waals surface area contributed by atoms with Crippen LogP contribution in [-0.4, -0.2) is 13.2 Å². The van der Waals surface area contributed by atoms with E-state index >= 15 is 0 Å². The van der Waals surface area contributed by atoms with Gasteiger partial charge in [-0.15, -0.1) is 0 Å². The topological polar surface area (TPSA) is 98.7 Å². The third kappa shape index (κ3) is 39.8. The van der Waals surface area contributed by atoms with Gasteiger partial charge in [-0.05, 0) is 12.8 Å². The minimum absolute atomic E-state index is 0. The largest absolute Gasteiger partial charge is 2.00 e. The van der Waals surface area contributed by atoms with Crippen molar-refractivity contribution >= 4 is 16.5 Å². The number of rotatable bonds is 20. The van der Waals surface area contributed by atoms with Crippen LogP contribution in [0.2, 0.25) is 0 Å². The van der Waals surface area contributed by atoms with E-state index in [1.165, 1.54) is 77.0 Å². The van der Waals surface area contributed by atoms with Crippen LogP contribution in [0.4, 0.5) is 0 Å². The first-order valence-corrected chi connectivity index (χ1v) is 13.7. The average molecular weight is 495 g/mol. The van der Waals surface area contributed by atoms with Crippen molar-refractivity contribution in [1.82, 2.24) is 0 Å².